The lowest BCUT2D eigenvalue weighted by Crippen LogP contribution is -2.27. The third-order valence-electron chi connectivity index (χ3n) is 9.94. The fourth-order valence-electron chi connectivity index (χ4n) is 6.99. The maximum absolute atomic E-state index is 2.50. The van der Waals surface area contributed by atoms with E-state index in [1.807, 2.05) is 0 Å². The fraction of sp³-hybridized carbons (Fsp3) is 0.211. The SMILES string of the molecule is CC1(C)CB(c2ccc3c(c2)c2ccccc2n3-c2ccc(-c3ccccc3)cc2-c2ccccc2)CC1(C)C. The number of hydrogen-bond acceptors (Lipinski definition) is 0. The number of nitrogens with zero attached hydrogens (tertiary/aromatic N) is 1. The average Bonchev–Trinajstić information content (AvgIpc) is 3.42. The zero-order valence-corrected chi connectivity index (χ0v) is 24.0. The first-order chi connectivity index (χ1) is 19.3. The van der Waals surface area contributed by atoms with Crippen LogP contribution in [0.4, 0.5) is 0 Å². The van der Waals surface area contributed by atoms with E-state index in [0.717, 1.165) is 0 Å². The topological polar surface area (TPSA) is 4.93 Å². The van der Waals surface area contributed by atoms with Crippen LogP contribution in [0.1, 0.15) is 27.7 Å². The molecule has 0 unspecified atom stereocenters. The van der Waals surface area contributed by atoms with Crippen LogP contribution in [-0.4, -0.2) is 11.3 Å². The van der Waals surface area contributed by atoms with Gasteiger partial charge in [-0.1, -0.05) is 143 Å². The van der Waals surface area contributed by atoms with Gasteiger partial charge < -0.3 is 4.57 Å². The molecular formula is C38H36BN. The van der Waals surface area contributed by atoms with Gasteiger partial charge in [0.15, 0.2) is 6.71 Å². The Balaban J connectivity index is 1.45. The lowest BCUT2D eigenvalue weighted by atomic mass is 9.42. The molecule has 196 valence electrons. The molecule has 0 radical (unpaired) electrons. The minimum absolute atomic E-state index is 0.339. The van der Waals surface area contributed by atoms with Gasteiger partial charge in [0.25, 0.3) is 0 Å². The molecular weight excluding hydrogens is 481 g/mol. The van der Waals surface area contributed by atoms with E-state index in [9.17, 15) is 0 Å². The molecule has 1 fully saturated rings. The number of benzene rings is 5. The summed E-state index contributed by atoms with van der Waals surface area (Å²) in [4.78, 5) is 0. The summed E-state index contributed by atoms with van der Waals surface area (Å²) in [5, 5.41) is 2.67. The van der Waals surface area contributed by atoms with E-state index in [0.29, 0.717) is 17.5 Å². The number of rotatable bonds is 4. The smallest absolute Gasteiger partial charge is 0.177 e. The molecule has 1 aromatic heterocycles. The molecule has 7 rings (SSSR count). The maximum atomic E-state index is 2.50. The molecule has 40 heavy (non-hydrogen) atoms. The molecule has 1 saturated heterocycles. The molecule has 0 atom stereocenters. The summed E-state index contributed by atoms with van der Waals surface area (Å²) in [5.74, 6) is 0. The largest absolute Gasteiger partial charge is 0.309 e. The molecule has 0 saturated carbocycles. The highest BCUT2D eigenvalue weighted by molar-refractivity contribution is 6.74. The molecule has 0 N–H and O–H groups in total. The van der Waals surface area contributed by atoms with Gasteiger partial charge in [-0.3, -0.25) is 0 Å². The normalized spacial score (nSPS) is 16.1. The molecule has 0 aliphatic carbocycles. The summed E-state index contributed by atoms with van der Waals surface area (Å²) in [5.41, 5.74) is 10.8. The summed E-state index contributed by atoms with van der Waals surface area (Å²) in [7, 11) is 0. The van der Waals surface area contributed by atoms with Crippen LogP contribution in [0.2, 0.25) is 12.6 Å². The first-order valence-electron chi connectivity index (χ1n) is 14.6. The number of hydrogen-bond donors (Lipinski definition) is 0. The predicted molar refractivity (Wildman–Crippen MR) is 174 cm³/mol. The lowest BCUT2D eigenvalue weighted by molar-refractivity contribution is 0.177. The maximum Gasteiger partial charge on any atom is 0.177 e. The van der Waals surface area contributed by atoms with Crippen LogP contribution in [0.15, 0.2) is 121 Å². The van der Waals surface area contributed by atoms with Gasteiger partial charge in [-0.15, -0.1) is 0 Å². The van der Waals surface area contributed by atoms with Gasteiger partial charge in [-0.05, 0) is 51.8 Å². The molecule has 0 amide bonds. The summed E-state index contributed by atoms with van der Waals surface area (Å²) in [6.07, 6.45) is 2.48. The van der Waals surface area contributed by atoms with Crippen molar-refractivity contribution >= 4 is 34.0 Å². The third kappa shape index (κ3) is 4.01. The van der Waals surface area contributed by atoms with Crippen molar-refractivity contribution in [2.75, 3.05) is 0 Å². The molecule has 2 heterocycles. The van der Waals surface area contributed by atoms with E-state index in [1.165, 1.54) is 67.9 Å². The average molecular weight is 518 g/mol. The molecule has 1 aliphatic heterocycles. The van der Waals surface area contributed by atoms with Gasteiger partial charge in [-0.25, -0.2) is 0 Å². The Bertz CT molecular complexity index is 1830. The minimum Gasteiger partial charge on any atom is -0.309 e. The highest BCUT2D eigenvalue weighted by Gasteiger charge is 2.48. The summed E-state index contributed by atoms with van der Waals surface area (Å²) in [6.45, 7) is 10.4. The van der Waals surface area contributed by atoms with E-state index in [-0.39, 0.29) is 0 Å². The molecule has 6 aromatic rings. The quantitative estimate of drug-likeness (QED) is 0.205. The molecule has 0 bridgehead atoms. The summed E-state index contributed by atoms with van der Waals surface area (Å²) >= 11 is 0. The molecule has 1 nitrogen and oxygen atoms in total. The second kappa shape index (κ2) is 9.27. The molecule has 2 heteroatoms. The van der Waals surface area contributed by atoms with Gasteiger partial charge in [0.2, 0.25) is 0 Å². The van der Waals surface area contributed by atoms with Crippen molar-refractivity contribution in [3.63, 3.8) is 0 Å². The van der Waals surface area contributed by atoms with Gasteiger partial charge in [0.05, 0.1) is 16.7 Å². The molecule has 5 aromatic carbocycles. The summed E-state index contributed by atoms with van der Waals surface area (Å²) in [6, 6.07) is 44.6. The van der Waals surface area contributed by atoms with Gasteiger partial charge in [0, 0.05) is 16.3 Å². The van der Waals surface area contributed by atoms with Crippen LogP contribution in [0, 0.1) is 10.8 Å². The highest BCUT2D eigenvalue weighted by Crippen LogP contribution is 2.52. The van der Waals surface area contributed by atoms with Gasteiger partial charge >= 0.3 is 0 Å². The van der Waals surface area contributed by atoms with E-state index in [1.54, 1.807) is 0 Å². The van der Waals surface area contributed by atoms with Crippen molar-refractivity contribution in [2.45, 2.75) is 40.3 Å². The van der Waals surface area contributed by atoms with Crippen LogP contribution in [0.5, 0.6) is 0 Å². The fourth-order valence-corrected chi connectivity index (χ4v) is 6.99. The van der Waals surface area contributed by atoms with Gasteiger partial charge in [0.1, 0.15) is 0 Å². The lowest BCUT2D eigenvalue weighted by Gasteiger charge is -2.35. The van der Waals surface area contributed by atoms with E-state index in [2.05, 4.69) is 154 Å². The Labute approximate surface area is 238 Å². The van der Waals surface area contributed by atoms with Crippen molar-refractivity contribution < 1.29 is 0 Å². The Morgan fingerprint density at radius 2 is 1.12 bits per heavy atom. The van der Waals surface area contributed by atoms with E-state index in [4.69, 9.17) is 0 Å². The first-order valence-corrected chi connectivity index (χ1v) is 14.6. The van der Waals surface area contributed by atoms with Crippen molar-refractivity contribution in [1.82, 2.24) is 4.57 Å². The van der Waals surface area contributed by atoms with E-state index >= 15 is 0 Å². The Hall–Kier alpha value is -4.04. The zero-order valence-electron chi connectivity index (χ0n) is 24.0. The minimum atomic E-state index is 0.339. The number of aromatic nitrogens is 1. The van der Waals surface area contributed by atoms with Crippen LogP contribution in [0.25, 0.3) is 49.7 Å². The molecule has 0 spiro atoms. The predicted octanol–water partition coefficient (Wildman–Crippen LogP) is 9.89. The van der Waals surface area contributed by atoms with Crippen LogP contribution in [-0.2, 0) is 0 Å². The van der Waals surface area contributed by atoms with Crippen molar-refractivity contribution in [1.29, 1.82) is 0 Å². The summed E-state index contributed by atoms with van der Waals surface area (Å²) < 4.78 is 2.48. The monoisotopic (exact) mass is 517 g/mol. The second-order valence-electron chi connectivity index (χ2n) is 13.0. The molecule has 1 aliphatic rings. The van der Waals surface area contributed by atoms with Crippen LogP contribution in [0.3, 0.4) is 0 Å². The number of fused-ring (bicyclic) bond motifs is 3. The van der Waals surface area contributed by atoms with Crippen molar-refractivity contribution in [3.8, 4) is 27.9 Å². The Morgan fingerprint density at radius 3 is 1.82 bits per heavy atom. The third-order valence-corrected chi connectivity index (χ3v) is 9.94. The van der Waals surface area contributed by atoms with Crippen molar-refractivity contribution in [2.24, 2.45) is 10.8 Å². The Kier molecular flexibility index (Phi) is 5.79. The van der Waals surface area contributed by atoms with Crippen LogP contribution < -0.4 is 5.46 Å². The zero-order chi connectivity index (χ0) is 27.5. The standard InChI is InChI=1S/C38H36BN/c1-37(2)25-39(26-38(37,3)4)30-20-22-36-33(24-30)31-17-11-12-18-34(31)40(36)35-21-19-29(27-13-7-5-8-14-27)23-32(35)28-15-9-6-10-16-28/h5-24H,25-26H2,1-4H3. The highest BCUT2D eigenvalue weighted by atomic mass is 15.0. The van der Waals surface area contributed by atoms with E-state index < -0.39 is 0 Å². The number of para-hydroxylation sites is 1. The second-order valence-corrected chi connectivity index (χ2v) is 13.0. The van der Waals surface area contributed by atoms with Gasteiger partial charge in [-0.2, -0.15) is 0 Å². The Morgan fingerprint density at radius 1 is 0.525 bits per heavy atom. The van der Waals surface area contributed by atoms with Crippen LogP contribution >= 0.6 is 0 Å². The van der Waals surface area contributed by atoms with Crippen molar-refractivity contribution in [3.05, 3.63) is 121 Å². The first kappa shape index (κ1) is 25.0.